The third-order valence-corrected chi connectivity index (χ3v) is 4.51. The number of piperazine rings is 1. The highest BCUT2D eigenvalue weighted by Gasteiger charge is 2.23. The van der Waals surface area contributed by atoms with Gasteiger partial charge in [-0.05, 0) is 31.2 Å². The molecule has 1 aliphatic heterocycles. The number of benzene rings is 2. The molecule has 0 bridgehead atoms. The number of rotatable bonds is 6. The van der Waals surface area contributed by atoms with Gasteiger partial charge in [-0.1, -0.05) is 30.3 Å². The molecule has 142 valence electrons. The zero-order valence-electron chi connectivity index (χ0n) is 15.6. The Morgan fingerprint density at radius 1 is 0.963 bits per heavy atom. The zero-order chi connectivity index (χ0) is 19.1. The quantitative estimate of drug-likeness (QED) is 0.852. The van der Waals surface area contributed by atoms with Gasteiger partial charge < -0.3 is 15.0 Å². The maximum atomic E-state index is 12.5. The average molecular weight is 367 g/mol. The normalized spacial score (nSPS) is 14.6. The molecule has 6 nitrogen and oxygen atoms in total. The molecule has 2 amide bonds. The lowest BCUT2D eigenvalue weighted by Gasteiger charge is -2.34. The molecule has 0 atom stereocenters. The van der Waals surface area contributed by atoms with Crippen LogP contribution in [-0.4, -0.2) is 60.9 Å². The fraction of sp³-hybridized carbons (Fsp3) is 0.333. The highest BCUT2D eigenvalue weighted by Crippen LogP contribution is 2.23. The van der Waals surface area contributed by atoms with E-state index in [2.05, 4.69) is 10.2 Å². The Hall–Kier alpha value is -2.86. The van der Waals surface area contributed by atoms with Crippen LogP contribution in [0.2, 0.25) is 0 Å². The summed E-state index contributed by atoms with van der Waals surface area (Å²) in [6.45, 7) is 5.36. The van der Waals surface area contributed by atoms with Crippen LogP contribution < -0.4 is 10.1 Å². The molecule has 0 radical (unpaired) electrons. The molecule has 6 heteroatoms. The Balaban J connectivity index is 1.49. The molecule has 2 aromatic carbocycles. The van der Waals surface area contributed by atoms with E-state index in [0.717, 1.165) is 0 Å². The highest BCUT2D eigenvalue weighted by atomic mass is 16.5. The number of amides is 2. The van der Waals surface area contributed by atoms with Crippen molar-refractivity contribution in [3.05, 3.63) is 60.2 Å². The van der Waals surface area contributed by atoms with E-state index in [-0.39, 0.29) is 11.8 Å². The number of hydrogen-bond donors (Lipinski definition) is 1. The van der Waals surface area contributed by atoms with Crippen LogP contribution in [0.3, 0.4) is 0 Å². The largest absolute Gasteiger partial charge is 0.492 e. The van der Waals surface area contributed by atoms with E-state index in [0.29, 0.717) is 56.3 Å². The molecule has 2 aromatic rings. The SMILES string of the molecule is CCOc1ccccc1NC(=O)CN1CCN(C(=O)c2ccccc2)CC1. The lowest BCUT2D eigenvalue weighted by molar-refractivity contribution is -0.117. The van der Waals surface area contributed by atoms with E-state index < -0.39 is 0 Å². The van der Waals surface area contributed by atoms with E-state index in [1.54, 1.807) is 0 Å². The van der Waals surface area contributed by atoms with Crippen molar-refractivity contribution in [3.8, 4) is 5.75 Å². The first-order valence-corrected chi connectivity index (χ1v) is 9.25. The van der Waals surface area contributed by atoms with Crippen molar-refractivity contribution in [2.75, 3.05) is 44.6 Å². The molecule has 0 aliphatic carbocycles. The Kier molecular flexibility index (Phi) is 6.44. The average Bonchev–Trinajstić information content (AvgIpc) is 2.70. The smallest absolute Gasteiger partial charge is 0.253 e. The summed E-state index contributed by atoms with van der Waals surface area (Å²) in [5, 5.41) is 2.92. The van der Waals surface area contributed by atoms with Crippen LogP contribution in [0, 0.1) is 0 Å². The zero-order valence-corrected chi connectivity index (χ0v) is 15.6. The predicted octanol–water partition coefficient (Wildman–Crippen LogP) is 2.48. The van der Waals surface area contributed by atoms with Crippen LogP contribution in [-0.2, 0) is 4.79 Å². The van der Waals surface area contributed by atoms with E-state index in [9.17, 15) is 9.59 Å². The van der Waals surface area contributed by atoms with Gasteiger partial charge in [0.1, 0.15) is 5.75 Å². The van der Waals surface area contributed by atoms with Gasteiger partial charge in [0, 0.05) is 31.7 Å². The topological polar surface area (TPSA) is 61.9 Å². The molecule has 3 rings (SSSR count). The third-order valence-electron chi connectivity index (χ3n) is 4.51. The molecule has 0 spiro atoms. The van der Waals surface area contributed by atoms with Crippen molar-refractivity contribution in [1.29, 1.82) is 0 Å². The van der Waals surface area contributed by atoms with Crippen molar-refractivity contribution in [2.45, 2.75) is 6.92 Å². The molecular formula is C21H25N3O3. The molecule has 1 saturated heterocycles. The van der Waals surface area contributed by atoms with Gasteiger partial charge in [0.2, 0.25) is 5.91 Å². The van der Waals surface area contributed by atoms with Crippen LogP contribution in [0.25, 0.3) is 0 Å². The Labute approximate surface area is 159 Å². The second kappa shape index (κ2) is 9.19. The monoisotopic (exact) mass is 367 g/mol. The van der Waals surface area contributed by atoms with Gasteiger partial charge in [-0.15, -0.1) is 0 Å². The minimum atomic E-state index is -0.0787. The summed E-state index contributed by atoms with van der Waals surface area (Å²) < 4.78 is 5.54. The Bertz CT molecular complexity index is 771. The van der Waals surface area contributed by atoms with Crippen LogP contribution in [0.4, 0.5) is 5.69 Å². The molecule has 1 N–H and O–H groups in total. The number of anilines is 1. The number of nitrogens with zero attached hydrogens (tertiary/aromatic N) is 2. The summed E-state index contributed by atoms with van der Waals surface area (Å²) in [7, 11) is 0. The fourth-order valence-corrected chi connectivity index (χ4v) is 3.12. The minimum Gasteiger partial charge on any atom is -0.492 e. The van der Waals surface area contributed by atoms with Gasteiger partial charge in [-0.2, -0.15) is 0 Å². The van der Waals surface area contributed by atoms with Crippen molar-refractivity contribution < 1.29 is 14.3 Å². The van der Waals surface area contributed by atoms with Crippen molar-refractivity contribution in [3.63, 3.8) is 0 Å². The standard InChI is InChI=1S/C21H25N3O3/c1-2-27-19-11-7-6-10-18(19)22-20(25)16-23-12-14-24(15-13-23)21(26)17-8-4-3-5-9-17/h3-11H,2,12-16H2,1H3,(H,22,25). The molecule has 0 saturated carbocycles. The second-order valence-electron chi connectivity index (χ2n) is 6.41. The molecule has 1 fully saturated rings. The first-order valence-electron chi connectivity index (χ1n) is 9.25. The van der Waals surface area contributed by atoms with Gasteiger partial charge in [-0.3, -0.25) is 14.5 Å². The first-order chi connectivity index (χ1) is 13.2. The van der Waals surface area contributed by atoms with Gasteiger partial charge in [0.25, 0.3) is 5.91 Å². The summed E-state index contributed by atoms with van der Waals surface area (Å²) in [5.74, 6) is 0.641. The van der Waals surface area contributed by atoms with Gasteiger partial charge in [0.15, 0.2) is 0 Å². The summed E-state index contributed by atoms with van der Waals surface area (Å²) in [6.07, 6.45) is 0. The Morgan fingerprint density at radius 3 is 2.33 bits per heavy atom. The minimum absolute atomic E-state index is 0.0466. The lowest BCUT2D eigenvalue weighted by Crippen LogP contribution is -2.50. The molecular weight excluding hydrogens is 342 g/mol. The maximum absolute atomic E-state index is 12.5. The number of para-hydroxylation sites is 2. The fourth-order valence-electron chi connectivity index (χ4n) is 3.12. The van der Waals surface area contributed by atoms with Crippen LogP contribution in [0.5, 0.6) is 5.75 Å². The van der Waals surface area contributed by atoms with Crippen LogP contribution in [0.1, 0.15) is 17.3 Å². The maximum Gasteiger partial charge on any atom is 0.253 e. The summed E-state index contributed by atoms with van der Waals surface area (Å²) >= 11 is 0. The first kappa shape index (κ1) is 18.9. The molecule has 0 unspecified atom stereocenters. The van der Waals surface area contributed by atoms with Crippen molar-refractivity contribution >= 4 is 17.5 Å². The summed E-state index contributed by atoms with van der Waals surface area (Å²) in [6, 6.07) is 16.7. The highest BCUT2D eigenvalue weighted by molar-refractivity contribution is 5.95. The molecule has 1 aliphatic rings. The van der Waals surface area contributed by atoms with Crippen LogP contribution >= 0.6 is 0 Å². The number of carbonyl (C=O) groups excluding carboxylic acids is 2. The number of ether oxygens (including phenoxy) is 1. The van der Waals surface area contributed by atoms with Gasteiger partial charge in [-0.25, -0.2) is 0 Å². The van der Waals surface area contributed by atoms with Crippen LogP contribution in [0.15, 0.2) is 54.6 Å². The lowest BCUT2D eigenvalue weighted by atomic mass is 10.2. The third kappa shape index (κ3) is 5.08. The van der Waals surface area contributed by atoms with E-state index in [4.69, 9.17) is 4.74 Å². The number of carbonyl (C=O) groups is 2. The van der Waals surface area contributed by atoms with Gasteiger partial charge >= 0.3 is 0 Å². The molecule has 27 heavy (non-hydrogen) atoms. The summed E-state index contributed by atoms with van der Waals surface area (Å²) in [4.78, 5) is 28.8. The van der Waals surface area contributed by atoms with Crippen molar-refractivity contribution in [2.24, 2.45) is 0 Å². The summed E-state index contributed by atoms with van der Waals surface area (Å²) in [5.41, 5.74) is 1.39. The number of hydrogen-bond acceptors (Lipinski definition) is 4. The van der Waals surface area contributed by atoms with Crippen molar-refractivity contribution in [1.82, 2.24) is 9.80 Å². The predicted molar refractivity (Wildman–Crippen MR) is 105 cm³/mol. The molecule has 0 aromatic heterocycles. The Morgan fingerprint density at radius 2 is 1.63 bits per heavy atom. The van der Waals surface area contributed by atoms with Gasteiger partial charge in [0.05, 0.1) is 18.8 Å². The van der Waals surface area contributed by atoms with E-state index >= 15 is 0 Å². The second-order valence-corrected chi connectivity index (χ2v) is 6.41. The number of nitrogens with one attached hydrogen (secondary N) is 1. The molecule has 1 heterocycles. The van der Waals surface area contributed by atoms with E-state index in [1.165, 1.54) is 0 Å². The van der Waals surface area contributed by atoms with E-state index in [1.807, 2.05) is 66.4 Å².